The van der Waals surface area contributed by atoms with E-state index in [0.29, 0.717) is 46.9 Å². The lowest BCUT2D eigenvalue weighted by atomic mass is 10.0. The maximum atomic E-state index is 13.2. The van der Waals surface area contributed by atoms with E-state index in [1.165, 1.54) is 11.8 Å². The largest absolute Gasteiger partial charge is 0.490 e. The average Bonchev–Trinajstić information content (AvgIpc) is 3.13. The standard InChI is InChI=1S/C29H26BrNO3S2/c1-3-8-23-15-22(16-25(33-4-2)27(23)34-19-21-11-13-24(30)14-12-21)17-26-28(32)31(29(35)36-26)18-20-9-6-5-7-10-20/h3,5-7,9-17H,1,4,8,18-19H2,2H3/b26-17+. The van der Waals surface area contributed by atoms with E-state index >= 15 is 0 Å². The summed E-state index contributed by atoms with van der Waals surface area (Å²) in [5, 5.41) is 0. The second kappa shape index (κ2) is 12.4. The van der Waals surface area contributed by atoms with Crippen LogP contribution in [0.5, 0.6) is 11.5 Å². The Bertz CT molecular complexity index is 1290. The van der Waals surface area contributed by atoms with Crippen molar-refractivity contribution in [3.8, 4) is 11.5 Å². The number of amides is 1. The normalized spacial score (nSPS) is 14.4. The molecule has 0 aromatic heterocycles. The molecule has 0 bridgehead atoms. The Morgan fingerprint density at radius 3 is 2.50 bits per heavy atom. The highest BCUT2D eigenvalue weighted by Gasteiger charge is 2.32. The summed E-state index contributed by atoms with van der Waals surface area (Å²) in [5.41, 5.74) is 3.89. The molecule has 1 amide bonds. The molecule has 1 fully saturated rings. The smallest absolute Gasteiger partial charge is 0.266 e. The van der Waals surface area contributed by atoms with Gasteiger partial charge in [-0.2, -0.15) is 0 Å². The van der Waals surface area contributed by atoms with Crippen LogP contribution < -0.4 is 9.47 Å². The third kappa shape index (κ3) is 6.46. The molecule has 1 aliphatic rings. The Kier molecular flexibility index (Phi) is 9.02. The lowest BCUT2D eigenvalue weighted by molar-refractivity contribution is -0.122. The SMILES string of the molecule is C=CCc1cc(/C=C2/SC(=S)N(Cc3ccccc3)C2=O)cc(OCC)c1OCc1ccc(Br)cc1. The van der Waals surface area contributed by atoms with Crippen molar-refractivity contribution in [3.63, 3.8) is 0 Å². The number of nitrogens with zero attached hydrogens (tertiary/aromatic N) is 1. The molecule has 0 unspecified atom stereocenters. The first-order valence-corrected chi connectivity index (χ1v) is 13.6. The van der Waals surface area contributed by atoms with Gasteiger partial charge in [0.15, 0.2) is 11.5 Å². The molecule has 36 heavy (non-hydrogen) atoms. The van der Waals surface area contributed by atoms with Crippen molar-refractivity contribution < 1.29 is 14.3 Å². The number of hydrogen-bond acceptors (Lipinski definition) is 5. The predicted octanol–water partition coefficient (Wildman–Crippen LogP) is 7.56. The predicted molar refractivity (Wildman–Crippen MR) is 155 cm³/mol. The van der Waals surface area contributed by atoms with Crippen LogP contribution in [0, 0.1) is 0 Å². The number of ether oxygens (including phenoxy) is 2. The van der Waals surface area contributed by atoms with Crippen LogP contribution in [0.1, 0.15) is 29.2 Å². The van der Waals surface area contributed by atoms with Crippen LogP contribution in [0.25, 0.3) is 6.08 Å². The number of hydrogen-bond donors (Lipinski definition) is 0. The van der Waals surface area contributed by atoms with E-state index in [9.17, 15) is 4.79 Å². The summed E-state index contributed by atoms with van der Waals surface area (Å²) in [6.45, 7) is 7.20. The Labute approximate surface area is 230 Å². The minimum absolute atomic E-state index is 0.0901. The third-order valence-corrected chi connectivity index (χ3v) is 7.38. The molecule has 0 saturated carbocycles. The first kappa shape index (κ1) is 26.2. The van der Waals surface area contributed by atoms with Gasteiger partial charge in [0.2, 0.25) is 0 Å². The summed E-state index contributed by atoms with van der Waals surface area (Å²) in [6.07, 6.45) is 4.31. The number of allylic oxidation sites excluding steroid dienone is 1. The van der Waals surface area contributed by atoms with E-state index in [1.54, 1.807) is 4.90 Å². The summed E-state index contributed by atoms with van der Waals surface area (Å²) < 4.78 is 13.8. The van der Waals surface area contributed by atoms with Gasteiger partial charge in [-0.1, -0.05) is 88.5 Å². The molecule has 7 heteroatoms. The van der Waals surface area contributed by atoms with E-state index in [4.69, 9.17) is 21.7 Å². The fourth-order valence-electron chi connectivity index (χ4n) is 3.79. The van der Waals surface area contributed by atoms with Gasteiger partial charge in [-0.05, 0) is 60.4 Å². The maximum Gasteiger partial charge on any atom is 0.266 e. The van der Waals surface area contributed by atoms with Crippen molar-refractivity contribution in [2.45, 2.75) is 26.5 Å². The van der Waals surface area contributed by atoms with E-state index in [1.807, 2.05) is 85.8 Å². The van der Waals surface area contributed by atoms with Crippen molar-refractivity contribution in [3.05, 3.63) is 111 Å². The number of benzene rings is 3. The molecule has 4 rings (SSSR count). The van der Waals surface area contributed by atoms with Crippen molar-refractivity contribution in [2.24, 2.45) is 0 Å². The van der Waals surface area contributed by atoms with Crippen LogP contribution in [0.2, 0.25) is 0 Å². The van der Waals surface area contributed by atoms with Gasteiger partial charge in [0.05, 0.1) is 18.1 Å². The van der Waals surface area contributed by atoms with E-state index in [-0.39, 0.29) is 5.91 Å². The molecule has 0 N–H and O–H groups in total. The van der Waals surface area contributed by atoms with Crippen LogP contribution >= 0.6 is 39.9 Å². The molecule has 0 atom stereocenters. The lowest BCUT2D eigenvalue weighted by Gasteiger charge is -2.17. The number of thiocarbonyl (C=S) groups is 1. The minimum Gasteiger partial charge on any atom is -0.490 e. The molecule has 0 spiro atoms. The zero-order chi connectivity index (χ0) is 25.5. The first-order chi connectivity index (χ1) is 17.5. The van der Waals surface area contributed by atoms with E-state index in [0.717, 1.165) is 26.7 Å². The van der Waals surface area contributed by atoms with Gasteiger partial charge < -0.3 is 9.47 Å². The van der Waals surface area contributed by atoms with Crippen molar-refractivity contribution >= 4 is 56.2 Å². The Hall–Kier alpha value is -2.87. The van der Waals surface area contributed by atoms with Gasteiger partial charge >= 0.3 is 0 Å². The molecule has 1 saturated heterocycles. The van der Waals surface area contributed by atoms with E-state index < -0.39 is 0 Å². The highest BCUT2D eigenvalue weighted by molar-refractivity contribution is 9.10. The number of rotatable bonds is 10. The number of thioether (sulfide) groups is 1. The average molecular weight is 581 g/mol. The monoisotopic (exact) mass is 579 g/mol. The summed E-state index contributed by atoms with van der Waals surface area (Å²) in [7, 11) is 0. The van der Waals surface area contributed by atoms with Gasteiger partial charge in [0.1, 0.15) is 10.9 Å². The van der Waals surface area contributed by atoms with Crippen LogP contribution in [0.4, 0.5) is 0 Å². The minimum atomic E-state index is -0.0901. The van der Waals surface area contributed by atoms with Gasteiger partial charge in [0, 0.05) is 10.0 Å². The molecular weight excluding hydrogens is 554 g/mol. The third-order valence-electron chi connectivity index (χ3n) is 5.47. The summed E-state index contributed by atoms with van der Waals surface area (Å²) in [5.74, 6) is 1.24. The second-order valence-electron chi connectivity index (χ2n) is 8.10. The molecule has 4 nitrogen and oxygen atoms in total. The molecule has 0 aliphatic carbocycles. The van der Waals surface area contributed by atoms with E-state index in [2.05, 4.69) is 22.5 Å². The number of carbonyl (C=O) groups excluding carboxylic acids is 1. The zero-order valence-corrected chi connectivity index (χ0v) is 23.1. The Morgan fingerprint density at radius 2 is 1.81 bits per heavy atom. The Balaban J connectivity index is 1.61. The fraction of sp³-hybridized carbons (Fsp3) is 0.172. The first-order valence-electron chi connectivity index (χ1n) is 11.6. The van der Waals surface area contributed by atoms with Gasteiger partial charge in [0.25, 0.3) is 5.91 Å². The summed E-state index contributed by atoms with van der Waals surface area (Å²) in [6, 6.07) is 21.8. The molecule has 1 heterocycles. The van der Waals surface area contributed by atoms with Crippen LogP contribution in [-0.4, -0.2) is 21.7 Å². The molecule has 1 aliphatic heterocycles. The number of halogens is 1. The van der Waals surface area contributed by atoms with Crippen molar-refractivity contribution in [2.75, 3.05) is 6.61 Å². The fourth-order valence-corrected chi connectivity index (χ4v) is 5.31. The number of carbonyl (C=O) groups is 1. The van der Waals surface area contributed by atoms with Crippen molar-refractivity contribution in [1.82, 2.24) is 4.90 Å². The quantitative estimate of drug-likeness (QED) is 0.141. The van der Waals surface area contributed by atoms with Gasteiger partial charge in [-0.25, -0.2) is 0 Å². The maximum absolute atomic E-state index is 13.2. The van der Waals surface area contributed by atoms with Crippen molar-refractivity contribution in [1.29, 1.82) is 0 Å². The zero-order valence-electron chi connectivity index (χ0n) is 19.9. The lowest BCUT2D eigenvalue weighted by Crippen LogP contribution is -2.27. The van der Waals surface area contributed by atoms with Gasteiger partial charge in [-0.15, -0.1) is 6.58 Å². The second-order valence-corrected chi connectivity index (χ2v) is 10.7. The van der Waals surface area contributed by atoms with Crippen LogP contribution in [-0.2, 0) is 24.4 Å². The highest BCUT2D eigenvalue weighted by atomic mass is 79.9. The summed E-state index contributed by atoms with van der Waals surface area (Å²) >= 11 is 10.3. The Morgan fingerprint density at radius 1 is 1.06 bits per heavy atom. The van der Waals surface area contributed by atoms with Crippen LogP contribution in [0.15, 0.2) is 88.8 Å². The molecule has 0 radical (unpaired) electrons. The highest BCUT2D eigenvalue weighted by Crippen LogP contribution is 2.38. The molecule has 184 valence electrons. The summed E-state index contributed by atoms with van der Waals surface area (Å²) in [4.78, 5) is 15.4. The van der Waals surface area contributed by atoms with Gasteiger partial charge in [-0.3, -0.25) is 9.69 Å². The molecule has 3 aromatic rings. The van der Waals surface area contributed by atoms with Crippen LogP contribution in [0.3, 0.4) is 0 Å². The topological polar surface area (TPSA) is 38.8 Å². The molecular formula is C29H26BrNO3S2. The molecule has 3 aromatic carbocycles.